The van der Waals surface area contributed by atoms with E-state index in [4.69, 9.17) is 4.74 Å². The first kappa shape index (κ1) is 16.9. The summed E-state index contributed by atoms with van der Waals surface area (Å²) in [5.41, 5.74) is -0.580. The van der Waals surface area contributed by atoms with Gasteiger partial charge >= 0.3 is 6.09 Å². The van der Waals surface area contributed by atoms with Crippen molar-refractivity contribution < 1.29 is 17.9 Å². The first-order valence-corrected chi connectivity index (χ1v) is 7.28. The van der Waals surface area contributed by atoms with Crippen molar-refractivity contribution >= 4 is 16.1 Å². The van der Waals surface area contributed by atoms with E-state index in [-0.39, 0.29) is 0 Å². The molecule has 0 saturated heterocycles. The topological polar surface area (TPSA) is 84.5 Å². The molecule has 1 amide bonds. The molecule has 0 aliphatic heterocycles. The Labute approximate surface area is 109 Å². The molecule has 2 N–H and O–H groups in total. The summed E-state index contributed by atoms with van der Waals surface area (Å²) < 4.78 is 30.0. The van der Waals surface area contributed by atoms with Gasteiger partial charge < -0.3 is 10.1 Å². The van der Waals surface area contributed by atoms with Crippen molar-refractivity contribution in [3.05, 3.63) is 11.5 Å². The average Bonchev–Trinajstić information content (AvgIpc) is 2.11. The second-order valence-electron chi connectivity index (χ2n) is 4.81. The quantitative estimate of drug-likeness (QED) is 0.795. The van der Waals surface area contributed by atoms with Crippen molar-refractivity contribution in [2.24, 2.45) is 0 Å². The third-order valence-electron chi connectivity index (χ3n) is 1.64. The first-order chi connectivity index (χ1) is 8.06. The number of carbonyl (C=O) groups excluding carboxylic acids is 1. The largest absolute Gasteiger partial charge is 0.444 e. The fourth-order valence-electron chi connectivity index (χ4n) is 1.01. The highest BCUT2D eigenvalue weighted by Crippen LogP contribution is 2.06. The van der Waals surface area contributed by atoms with E-state index in [1.165, 1.54) is 6.08 Å². The number of hydrogen-bond acceptors (Lipinski definition) is 4. The highest BCUT2D eigenvalue weighted by molar-refractivity contribution is 7.92. The van der Waals surface area contributed by atoms with Crippen LogP contribution in [0.1, 0.15) is 34.6 Å². The summed E-state index contributed by atoms with van der Waals surface area (Å²) in [6, 6.07) is -0.437. The summed E-state index contributed by atoms with van der Waals surface area (Å²) in [6.07, 6.45) is 0.794. The standard InChI is InChI=1S/C11H22N2O4S/c1-6-12-18(15,16)8-7-9(2)13-10(14)17-11(3,4)5/h7-9,12H,6H2,1-5H3,(H,13,14)/b8-7+/t9-/m0/s1. The van der Waals surface area contributed by atoms with E-state index >= 15 is 0 Å². The average molecular weight is 278 g/mol. The van der Waals surface area contributed by atoms with E-state index in [2.05, 4.69) is 10.0 Å². The lowest BCUT2D eigenvalue weighted by Gasteiger charge is -2.20. The number of carbonyl (C=O) groups is 1. The minimum absolute atomic E-state index is 0.320. The van der Waals surface area contributed by atoms with Gasteiger partial charge in [-0.1, -0.05) is 6.92 Å². The van der Waals surface area contributed by atoms with Crippen molar-refractivity contribution in [3.63, 3.8) is 0 Å². The summed E-state index contributed by atoms with van der Waals surface area (Å²) in [6.45, 7) is 8.92. The first-order valence-electron chi connectivity index (χ1n) is 5.73. The Bertz CT molecular complexity index is 396. The second-order valence-corrected chi connectivity index (χ2v) is 6.46. The van der Waals surface area contributed by atoms with Crippen LogP contribution in [0.25, 0.3) is 0 Å². The summed E-state index contributed by atoms with van der Waals surface area (Å²) in [5, 5.41) is 3.54. The zero-order valence-corrected chi connectivity index (χ0v) is 12.3. The Kier molecular flexibility index (Phi) is 6.34. The fourth-order valence-corrected chi connectivity index (χ4v) is 1.95. The van der Waals surface area contributed by atoms with Gasteiger partial charge in [0, 0.05) is 18.0 Å². The van der Waals surface area contributed by atoms with Crippen LogP contribution < -0.4 is 10.0 Å². The van der Waals surface area contributed by atoms with E-state index < -0.39 is 27.8 Å². The molecule has 0 aromatic rings. The summed E-state index contributed by atoms with van der Waals surface area (Å²) in [7, 11) is -3.42. The molecule has 0 unspecified atom stereocenters. The van der Waals surface area contributed by atoms with Crippen LogP contribution in [0.4, 0.5) is 4.79 Å². The predicted molar refractivity (Wildman–Crippen MR) is 70.6 cm³/mol. The lowest BCUT2D eigenvalue weighted by atomic mass is 10.2. The summed E-state index contributed by atoms with van der Waals surface area (Å²) in [4.78, 5) is 11.4. The van der Waals surface area contributed by atoms with Crippen LogP contribution in [-0.2, 0) is 14.8 Å². The normalized spacial score (nSPS) is 14.5. The molecule has 0 aliphatic rings. The fraction of sp³-hybridized carbons (Fsp3) is 0.727. The molecule has 1 atom stereocenters. The zero-order chi connectivity index (χ0) is 14.4. The third-order valence-corrected chi connectivity index (χ3v) is 2.84. The van der Waals surface area contributed by atoms with Gasteiger partial charge in [0.2, 0.25) is 10.0 Å². The van der Waals surface area contributed by atoms with Gasteiger partial charge in [-0.25, -0.2) is 17.9 Å². The van der Waals surface area contributed by atoms with Crippen molar-refractivity contribution in [1.29, 1.82) is 0 Å². The van der Waals surface area contributed by atoms with E-state index in [1.807, 2.05) is 0 Å². The molecule has 0 bridgehead atoms. The molecule has 0 spiro atoms. The number of rotatable bonds is 5. The smallest absolute Gasteiger partial charge is 0.408 e. The molecule has 0 fully saturated rings. The number of nitrogens with one attached hydrogen (secondary N) is 2. The van der Waals surface area contributed by atoms with Crippen molar-refractivity contribution in [2.45, 2.75) is 46.3 Å². The maximum Gasteiger partial charge on any atom is 0.408 e. The van der Waals surface area contributed by atoms with E-state index in [0.29, 0.717) is 6.54 Å². The molecule has 0 aromatic carbocycles. The monoisotopic (exact) mass is 278 g/mol. The maximum atomic E-state index is 11.4. The van der Waals surface area contributed by atoms with Crippen LogP contribution >= 0.6 is 0 Å². The number of ether oxygens (including phenoxy) is 1. The number of amides is 1. The number of alkyl carbamates (subject to hydrolysis) is 1. The number of sulfonamides is 1. The lowest BCUT2D eigenvalue weighted by molar-refractivity contribution is 0.0518. The molecule has 0 heterocycles. The SMILES string of the molecule is CCNS(=O)(=O)/C=C/[C@H](C)NC(=O)OC(C)(C)C. The molecule has 0 aliphatic carbocycles. The number of hydrogen-bond donors (Lipinski definition) is 2. The Morgan fingerprint density at radius 2 is 1.94 bits per heavy atom. The van der Waals surface area contributed by atoms with Crippen molar-refractivity contribution in [2.75, 3.05) is 6.54 Å². The molecular weight excluding hydrogens is 256 g/mol. The summed E-state index contributed by atoms with van der Waals surface area (Å²) in [5.74, 6) is 0. The Hall–Kier alpha value is -1.08. The molecule has 18 heavy (non-hydrogen) atoms. The van der Waals surface area contributed by atoms with Crippen LogP contribution in [0.5, 0.6) is 0 Å². The predicted octanol–water partition coefficient (Wildman–Crippen LogP) is 1.35. The van der Waals surface area contributed by atoms with Crippen LogP contribution in [-0.4, -0.2) is 32.7 Å². The van der Waals surface area contributed by atoms with Gasteiger partial charge in [-0.3, -0.25) is 0 Å². The zero-order valence-electron chi connectivity index (χ0n) is 11.5. The molecule has 6 nitrogen and oxygen atoms in total. The molecule has 0 saturated carbocycles. The van der Waals surface area contributed by atoms with E-state index in [1.54, 1.807) is 34.6 Å². The molecule has 106 valence electrons. The third kappa shape index (κ3) is 9.00. The molecule has 0 aromatic heterocycles. The molecule has 0 rings (SSSR count). The van der Waals surface area contributed by atoms with Crippen LogP contribution in [0, 0.1) is 0 Å². The molecule has 7 heteroatoms. The van der Waals surface area contributed by atoms with Gasteiger partial charge in [-0.2, -0.15) is 0 Å². The second kappa shape index (κ2) is 6.75. The van der Waals surface area contributed by atoms with Crippen LogP contribution in [0.15, 0.2) is 11.5 Å². The van der Waals surface area contributed by atoms with Crippen LogP contribution in [0.2, 0.25) is 0 Å². The Morgan fingerprint density at radius 3 is 2.39 bits per heavy atom. The Balaban J connectivity index is 4.32. The highest BCUT2D eigenvalue weighted by Gasteiger charge is 2.17. The van der Waals surface area contributed by atoms with Gasteiger partial charge in [0.15, 0.2) is 0 Å². The minimum Gasteiger partial charge on any atom is -0.444 e. The lowest BCUT2D eigenvalue weighted by Crippen LogP contribution is -2.37. The van der Waals surface area contributed by atoms with Gasteiger partial charge in [-0.15, -0.1) is 0 Å². The maximum absolute atomic E-state index is 11.4. The van der Waals surface area contributed by atoms with Gasteiger partial charge in [0.1, 0.15) is 5.60 Å². The summed E-state index contributed by atoms with van der Waals surface area (Å²) >= 11 is 0. The van der Waals surface area contributed by atoms with Gasteiger partial charge in [0.25, 0.3) is 0 Å². The van der Waals surface area contributed by atoms with Gasteiger partial charge in [-0.05, 0) is 33.8 Å². The van der Waals surface area contributed by atoms with Crippen molar-refractivity contribution in [3.8, 4) is 0 Å². The highest BCUT2D eigenvalue weighted by atomic mass is 32.2. The van der Waals surface area contributed by atoms with E-state index in [9.17, 15) is 13.2 Å². The minimum atomic E-state index is -3.42. The van der Waals surface area contributed by atoms with Crippen LogP contribution in [0.3, 0.4) is 0 Å². The van der Waals surface area contributed by atoms with Gasteiger partial charge in [0.05, 0.1) is 0 Å². The van der Waals surface area contributed by atoms with Crippen molar-refractivity contribution in [1.82, 2.24) is 10.0 Å². The molecule has 0 radical (unpaired) electrons. The Morgan fingerprint density at radius 1 is 1.39 bits per heavy atom. The molecular formula is C11H22N2O4S. The van der Waals surface area contributed by atoms with E-state index in [0.717, 1.165) is 5.41 Å².